The van der Waals surface area contributed by atoms with Crippen molar-refractivity contribution < 1.29 is 31.1 Å². The third kappa shape index (κ3) is 8.17. The summed E-state index contributed by atoms with van der Waals surface area (Å²) >= 11 is 0. The second-order valence-electron chi connectivity index (χ2n) is 6.81. The summed E-state index contributed by atoms with van der Waals surface area (Å²) in [7, 11) is -4.48. The van der Waals surface area contributed by atoms with Gasteiger partial charge in [-0.2, -0.15) is 0 Å². The van der Waals surface area contributed by atoms with E-state index >= 15 is 0 Å². The van der Waals surface area contributed by atoms with E-state index in [1.165, 1.54) is 38.5 Å². The van der Waals surface area contributed by atoms with Gasteiger partial charge in [-0.15, -0.1) is 6.58 Å². The lowest BCUT2D eigenvalue weighted by Gasteiger charge is -2.11. The van der Waals surface area contributed by atoms with Crippen molar-refractivity contribution in [1.82, 2.24) is 9.44 Å². The van der Waals surface area contributed by atoms with Gasteiger partial charge in [0, 0.05) is 31.3 Å². The Labute approximate surface area is 194 Å². The maximum absolute atomic E-state index is 12.5. The molecule has 33 heavy (non-hydrogen) atoms. The van der Waals surface area contributed by atoms with Gasteiger partial charge in [0.15, 0.2) is 11.5 Å². The fourth-order valence-corrected chi connectivity index (χ4v) is 4.88. The molecule has 0 saturated carbocycles. The highest BCUT2D eigenvalue weighted by molar-refractivity contribution is 7.89. The van der Waals surface area contributed by atoms with Crippen LogP contribution in [0.25, 0.3) is 0 Å². The normalized spacial score (nSPS) is 11.6. The number of carbonyl (C=O) groups excluding carboxylic acids is 1. The highest BCUT2D eigenvalue weighted by Gasteiger charge is 2.17. The van der Waals surface area contributed by atoms with Crippen LogP contribution < -0.4 is 24.2 Å². The minimum absolute atomic E-state index is 0.0197. The highest BCUT2D eigenvalue weighted by Crippen LogP contribution is 2.29. The summed E-state index contributed by atoms with van der Waals surface area (Å²) < 4.78 is 63.6. The van der Waals surface area contributed by atoms with Crippen LogP contribution in [-0.2, 0) is 30.6 Å². The van der Waals surface area contributed by atoms with E-state index in [1.807, 2.05) is 0 Å². The second-order valence-corrected chi connectivity index (χ2v) is 10.4. The second kappa shape index (κ2) is 11.8. The van der Waals surface area contributed by atoms with Crippen molar-refractivity contribution in [3.8, 4) is 11.5 Å². The molecule has 3 N–H and O–H groups in total. The number of amides is 1. The molecule has 0 aromatic heterocycles. The van der Waals surface area contributed by atoms with Gasteiger partial charge in [0.1, 0.15) is 0 Å². The van der Waals surface area contributed by atoms with Crippen molar-refractivity contribution in [2.45, 2.75) is 17.1 Å². The maximum Gasteiger partial charge on any atom is 0.240 e. The van der Waals surface area contributed by atoms with Crippen molar-refractivity contribution in [3.05, 3.63) is 60.7 Å². The largest absolute Gasteiger partial charge is 0.493 e. The Kier molecular flexibility index (Phi) is 9.41. The third-order valence-electron chi connectivity index (χ3n) is 4.35. The molecule has 0 aliphatic heterocycles. The molecule has 0 unspecified atom stereocenters. The van der Waals surface area contributed by atoms with Gasteiger partial charge in [-0.1, -0.05) is 18.2 Å². The van der Waals surface area contributed by atoms with Gasteiger partial charge in [0.25, 0.3) is 0 Å². The van der Waals surface area contributed by atoms with E-state index in [9.17, 15) is 21.6 Å². The number of sulfonamides is 2. The van der Waals surface area contributed by atoms with Crippen LogP contribution in [0.15, 0.2) is 60.0 Å². The number of anilines is 1. The Morgan fingerprint density at radius 3 is 2.24 bits per heavy atom. The van der Waals surface area contributed by atoms with E-state index in [-0.39, 0.29) is 35.9 Å². The fourth-order valence-electron chi connectivity index (χ4n) is 2.73. The van der Waals surface area contributed by atoms with Crippen LogP contribution in [0.4, 0.5) is 5.69 Å². The minimum Gasteiger partial charge on any atom is -0.493 e. The molecule has 0 heterocycles. The topological polar surface area (TPSA) is 140 Å². The van der Waals surface area contributed by atoms with Crippen molar-refractivity contribution in [1.29, 1.82) is 0 Å². The van der Waals surface area contributed by atoms with Crippen LogP contribution in [0.2, 0.25) is 0 Å². The summed E-state index contributed by atoms with van der Waals surface area (Å²) in [5, 5.41) is 2.64. The molecule has 10 nitrogen and oxygen atoms in total. The molecule has 0 bridgehead atoms. The molecule has 12 heteroatoms. The first kappa shape index (κ1) is 26.3. The molecule has 0 aliphatic carbocycles. The molecule has 0 radical (unpaired) electrons. The summed E-state index contributed by atoms with van der Waals surface area (Å²) in [6.45, 7) is 3.49. The predicted octanol–water partition coefficient (Wildman–Crippen LogP) is 1.62. The summed E-state index contributed by atoms with van der Waals surface area (Å²) in [5.74, 6) is 0.0591. The number of hydrogen-bond acceptors (Lipinski definition) is 7. The summed E-state index contributed by atoms with van der Waals surface area (Å²) in [5.41, 5.74) is 1.01. The van der Waals surface area contributed by atoms with E-state index in [1.54, 1.807) is 24.3 Å². The van der Waals surface area contributed by atoms with Gasteiger partial charge in [0.05, 0.1) is 24.9 Å². The Morgan fingerprint density at radius 1 is 0.970 bits per heavy atom. The number of carbonyl (C=O) groups is 1. The molecule has 0 aliphatic rings. The van der Waals surface area contributed by atoms with Crippen LogP contribution in [0, 0.1) is 0 Å². The van der Waals surface area contributed by atoms with Gasteiger partial charge in [-0.05, 0) is 29.8 Å². The average molecular weight is 498 g/mol. The van der Waals surface area contributed by atoms with Crippen molar-refractivity contribution in [2.24, 2.45) is 0 Å². The summed E-state index contributed by atoms with van der Waals surface area (Å²) in [4.78, 5) is 12.1. The fraction of sp³-hybridized carbons (Fsp3) is 0.286. The molecule has 1 amide bonds. The van der Waals surface area contributed by atoms with Gasteiger partial charge in [0.2, 0.25) is 26.0 Å². The van der Waals surface area contributed by atoms with Crippen LogP contribution >= 0.6 is 0 Å². The minimum atomic E-state index is -3.85. The molecule has 2 rings (SSSR count). The number of ether oxygens (including phenoxy) is 2. The molecule has 2 aromatic carbocycles. The molecule has 180 valence electrons. The predicted molar refractivity (Wildman–Crippen MR) is 125 cm³/mol. The number of nitrogens with one attached hydrogen (secondary N) is 3. The monoisotopic (exact) mass is 497 g/mol. The zero-order chi connectivity index (χ0) is 24.5. The number of benzene rings is 2. The quantitative estimate of drug-likeness (QED) is 0.357. The van der Waals surface area contributed by atoms with E-state index in [4.69, 9.17) is 9.47 Å². The van der Waals surface area contributed by atoms with E-state index in [0.29, 0.717) is 17.0 Å². The van der Waals surface area contributed by atoms with Gasteiger partial charge >= 0.3 is 0 Å². The third-order valence-corrected chi connectivity index (χ3v) is 7.13. The first-order chi connectivity index (χ1) is 15.6. The highest BCUT2D eigenvalue weighted by atomic mass is 32.2. The Morgan fingerprint density at radius 2 is 1.64 bits per heavy atom. The lowest BCUT2D eigenvalue weighted by Crippen LogP contribution is -2.28. The van der Waals surface area contributed by atoms with Crippen LogP contribution in [-0.4, -0.2) is 50.1 Å². The number of methoxy groups -OCH3 is 2. The van der Waals surface area contributed by atoms with Crippen LogP contribution in [0.5, 0.6) is 11.5 Å². The Balaban J connectivity index is 1.88. The van der Waals surface area contributed by atoms with Crippen molar-refractivity contribution in [2.75, 3.05) is 32.6 Å². The Hall–Kier alpha value is -2.93. The first-order valence-electron chi connectivity index (χ1n) is 9.79. The van der Waals surface area contributed by atoms with Gasteiger partial charge in [-0.3, -0.25) is 4.79 Å². The van der Waals surface area contributed by atoms with E-state index in [2.05, 4.69) is 21.3 Å². The number of hydrogen-bond donors (Lipinski definition) is 3. The molecule has 0 saturated heterocycles. The molecule has 0 fully saturated rings. The average Bonchev–Trinajstić information content (AvgIpc) is 2.78. The van der Waals surface area contributed by atoms with Crippen LogP contribution in [0.3, 0.4) is 0 Å². The lowest BCUT2D eigenvalue weighted by atomic mass is 10.2. The van der Waals surface area contributed by atoms with Crippen LogP contribution in [0.1, 0.15) is 12.0 Å². The molecule has 2 aromatic rings. The van der Waals surface area contributed by atoms with Crippen molar-refractivity contribution >= 4 is 31.6 Å². The zero-order valence-corrected chi connectivity index (χ0v) is 20.0. The summed E-state index contributed by atoms with van der Waals surface area (Å²) in [6.07, 6.45) is 1.35. The van der Waals surface area contributed by atoms with E-state index in [0.717, 1.165) is 0 Å². The molecule has 0 atom stereocenters. The van der Waals surface area contributed by atoms with Gasteiger partial charge < -0.3 is 14.8 Å². The van der Waals surface area contributed by atoms with Gasteiger partial charge in [-0.25, -0.2) is 26.3 Å². The van der Waals surface area contributed by atoms with E-state index < -0.39 is 26.0 Å². The Bertz CT molecular complexity index is 1180. The summed E-state index contributed by atoms with van der Waals surface area (Å²) in [6, 6.07) is 10.5. The lowest BCUT2D eigenvalue weighted by molar-refractivity contribution is -0.116. The van der Waals surface area contributed by atoms with Crippen molar-refractivity contribution in [3.63, 3.8) is 0 Å². The maximum atomic E-state index is 12.5. The standard InChI is InChI=1S/C21H27N3O7S2/c1-4-12-22-32(26,27)15-16-5-7-17(8-6-16)24-21(25)11-13-23-33(28,29)18-9-10-19(30-2)20(14-18)31-3/h4-10,14,22-23H,1,11-13,15H2,2-3H3,(H,24,25). The molecule has 0 spiro atoms. The zero-order valence-electron chi connectivity index (χ0n) is 18.3. The smallest absolute Gasteiger partial charge is 0.240 e. The number of rotatable bonds is 13. The molecular weight excluding hydrogens is 470 g/mol. The molecular formula is C21H27N3O7S2. The SMILES string of the molecule is C=CCNS(=O)(=O)Cc1ccc(NC(=O)CCNS(=O)(=O)c2ccc(OC)c(OC)c2)cc1. The first-order valence-corrected chi connectivity index (χ1v) is 12.9.